The van der Waals surface area contributed by atoms with E-state index in [-0.39, 0.29) is 17.7 Å². The largest absolute Gasteiger partial charge is 0.325 e. The van der Waals surface area contributed by atoms with E-state index in [1.54, 1.807) is 0 Å². The highest BCUT2D eigenvalue weighted by atomic mass is 32.2. The summed E-state index contributed by atoms with van der Waals surface area (Å²) in [6.45, 7) is 4.81. The lowest BCUT2D eigenvalue weighted by molar-refractivity contribution is -0.113. The molecule has 0 fully saturated rings. The summed E-state index contributed by atoms with van der Waals surface area (Å²) in [5, 5.41) is 12.7. The molecule has 1 atom stereocenters. The Kier molecular flexibility index (Phi) is 7.65. The number of carbonyl (C=O) groups is 1. The van der Waals surface area contributed by atoms with Crippen molar-refractivity contribution in [3.05, 3.63) is 71.5 Å². The quantitative estimate of drug-likeness (QED) is 0.518. The molecule has 1 amide bonds. The number of anilines is 1. The zero-order chi connectivity index (χ0) is 21.5. The number of hydrogen-bond donors (Lipinski definition) is 1. The molecule has 0 spiro atoms. The molecule has 158 valence electrons. The van der Waals surface area contributed by atoms with Crippen LogP contribution in [0, 0.1) is 6.92 Å². The Morgan fingerprint density at radius 3 is 2.47 bits per heavy atom. The van der Waals surface area contributed by atoms with Crippen LogP contribution in [0.5, 0.6) is 0 Å². The number of aromatic nitrogens is 3. The van der Waals surface area contributed by atoms with Crippen molar-refractivity contribution < 1.29 is 4.79 Å². The number of nitrogens with zero attached hydrogens (tertiary/aromatic N) is 4. The van der Waals surface area contributed by atoms with Crippen LogP contribution in [0.15, 0.2) is 59.8 Å². The minimum atomic E-state index is -0.0511. The molecule has 0 bridgehead atoms. The van der Waals surface area contributed by atoms with Gasteiger partial charge in [0.25, 0.3) is 0 Å². The van der Waals surface area contributed by atoms with E-state index in [0.29, 0.717) is 6.54 Å². The zero-order valence-electron chi connectivity index (χ0n) is 18.0. The molecular formula is C23H29N5OS. The van der Waals surface area contributed by atoms with Crippen LogP contribution in [0.1, 0.15) is 36.3 Å². The number of para-hydroxylation sites is 1. The third kappa shape index (κ3) is 5.49. The van der Waals surface area contributed by atoms with Gasteiger partial charge in [-0.3, -0.25) is 9.69 Å². The monoisotopic (exact) mass is 423 g/mol. The lowest BCUT2D eigenvalue weighted by Crippen LogP contribution is -2.23. The minimum absolute atomic E-state index is 0.0511. The zero-order valence-corrected chi connectivity index (χ0v) is 18.8. The molecule has 1 unspecified atom stereocenters. The number of carbonyl (C=O) groups excluding carboxylic acids is 1. The van der Waals surface area contributed by atoms with Crippen LogP contribution in [0.3, 0.4) is 0 Å². The molecule has 3 rings (SSSR count). The van der Waals surface area contributed by atoms with Crippen LogP contribution >= 0.6 is 11.8 Å². The van der Waals surface area contributed by atoms with Crippen molar-refractivity contribution in [3.63, 3.8) is 0 Å². The summed E-state index contributed by atoms with van der Waals surface area (Å²) in [5.74, 6) is 1.15. The van der Waals surface area contributed by atoms with Gasteiger partial charge in [0.1, 0.15) is 0 Å². The average molecular weight is 424 g/mol. The molecule has 1 aromatic heterocycles. The van der Waals surface area contributed by atoms with Gasteiger partial charge in [0, 0.05) is 5.69 Å². The molecule has 0 aliphatic heterocycles. The summed E-state index contributed by atoms with van der Waals surface area (Å²) < 4.78 is 2.13. The van der Waals surface area contributed by atoms with Gasteiger partial charge in [-0.15, -0.1) is 10.2 Å². The van der Waals surface area contributed by atoms with Crippen molar-refractivity contribution in [2.45, 2.75) is 38.0 Å². The fourth-order valence-electron chi connectivity index (χ4n) is 3.38. The van der Waals surface area contributed by atoms with Crippen LogP contribution in [0.4, 0.5) is 5.69 Å². The molecule has 0 saturated carbocycles. The number of hydrogen-bond acceptors (Lipinski definition) is 5. The Balaban J connectivity index is 1.78. The Morgan fingerprint density at radius 1 is 1.10 bits per heavy atom. The van der Waals surface area contributed by atoms with Gasteiger partial charge in [-0.05, 0) is 44.6 Å². The topological polar surface area (TPSA) is 63.1 Å². The standard InChI is InChI=1S/C23H29N5OS/c1-5-20(27(3)4)22-25-26-23(28(22)15-18-12-7-6-8-13-18)30-16-21(29)24-19-14-10-9-11-17(19)2/h6-14,20H,5,15-16H2,1-4H3,(H,24,29). The normalized spacial score (nSPS) is 12.2. The van der Waals surface area contributed by atoms with Crippen LogP contribution in [0.25, 0.3) is 0 Å². The molecule has 7 heteroatoms. The van der Waals surface area contributed by atoms with Gasteiger partial charge in [-0.1, -0.05) is 67.2 Å². The predicted octanol–water partition coefficient (Wildman–Crippen LogP) is 4.38. The summed E-state index contributed by atoms with van der Waals surface area (Å²) >= 11 is 1.42. The van der Waals surface area contributed by atoms with E-state index in [1.165, 1.54) is 17.3 Å². The molecule has 3 aromatic rings. The third-order valence-corrected chi connectivity index (χ3v) is 5.96. The minimum Gasteiger partial charge on any atom is -0.325 e. The number of benzene rings is 2. The Bertz CT molecular complexity index is 971. The SMILES string of the molecule is CCC(c1nnc(SCC(=O)Nc2ccccc2C)n1Cc1ccccc1)N(C)C. The van der Waals surface area contributed by atoms with Crippen LogP contribution in [0.2, 0.25) is 0 Å². The molecule has 30 heavy (non-hydrogen) atoms. The van der Waals surface area contributed by atoms with E-state index in [4.69, 9.17) is 0 Å². The summed E-state index contributed by atoms with van der Waals surface area (Å²) in [5.41, 5.74) is 3.06. The molecule has 0 radical (unpaired) electrons. The first-order valence-corrected chi connectivity index (χ1v) is 11.1. The van der Waals surface area contributed by atoms with E-state index in [9.17, 15) is 4.79 Å². The third-order valence-electron chi connectivity index (χ3n) is 4.99. The first kappa shape index (κ1) is 22.1. The maximum Gasteiger partial charge on any atom is 0.234 e. The number of nitrogens with one attached hydrogen (secondary N) is 1. The van der Waals surface area contributed by atoms with E-state index in [2.05, 4.69) is 58.1 Å². The first-order valence-electron chi connectivity index (χ1n) is 10.1. The van der Waals surface area contributed by atoms with E-state index >= 15 is 0 Å². The van der Waals surface area contributed by atoms with Gasteiger partial charge in [0.15, 0.2) is 11.0 Å². The van der Waals surface area contributed by atoms with Gasteiger partial charge in [0.2, 0.25) is 5.91 Å². The Labute approximate surface area is 182 Å². The number of aryl methyl sites for hydroxylation is 1. The number of amides is 1. The van der Waals surface area contributed by atoms with Crippen molar-refractivity contribution in [2.75, 3.05) is 25.2 Å². The second-order valence-electron chi connectivity index (χ2n) is 7.45. The highest BCUT2D eigenvalue weighted by Crippen LogP contribution is 2.26. The molecule has 0 saturated heterocycles. The molecule has 0 aliphatic rings. The van der Waals surface area contributed by atoms with Gasteiger partial charge in [-0.25, -0.2) is 0 Å². The molecule has 0 aliphatic carbocycles. The van der Waals surface area contributed by atoms with Crippen molar-refractivity contribution in [1.82, 2.24) is 19.7 Å². The van der Waals surface area contributed by atoms with Gasteiger partial charge < -0.3 is 9.88 Å². The van der Waals surface area contributed by atoms with Crippen LogP contribution in [-0.2, 0) is 11.3 Å². The summed E-state index contributed by atoms with van der Waals surface area (Å²) in [7, 11) is 4.11. The summed E-state index contributed by atoms with van der Waals surface area (Å²) in [6.07, 6.45) is 0.929. The number of rotatable bonds is 9. The smallest absolute Gasteiger partial charge is 0.234 e. The summed E-state index contributed by atoms with van der Waals surface area (Å²) in [6, 6.07) is 18.2. The van der Waals surface area contributed by atoms with Gasteiger partial charge in [0.05, 0.1) is 18.3 Å². The lowest BCUT2D eigenvalue weighted by Gasteiger charge is -2.23. The Hall–Kier alpha value is -2.64. The molecule has 6 nitrogen and oxygen atoms in total. The molecular weight excluding hydrogens is 394 g/mol. The predicted molar refractivity (Wildman–Crippen MR) is 123 cm³/mol. The van der Waals surface area contributed by atoms with Crippen molar-refractivity contribution in [3.8, 4) is 0 Å². The van der Waals surface area contributed by atoms with Gasteiger partial charge >= 0.3 is 0 Å². The fourth-order valence-corrected chi connectivity index (χ4v) is 4.12. The second-order valence-corrected chi connectivity index (χ2v) is 8.39. The van der Waals surface area contributed by atoms with E-state index in [0.717, 1.165) is 28.7 Å². The maximum atomic E-state index is 12.5. The first-order chi connectivity index (χ1) is 14.5. The van der Waals surface area contributed by atoms with Crippen molar-refractivity contribution in [1.29, 1.82) is 0 Å². The van der Waals surface area contributed by atoms with Gasteiger partial charge in [-0.2, -0.15) is 0 Å². The van der Waals surface area contributed by atoms with Crippen LogP contribution in [-0.4, -0.2) is 45.4 Å². The number of thioether (sulfide) groups is 1. The average Bonchev–Trinajstić information content (AvgIpc) is 3.11. The molecule has 2 aromatic carbocycles. The fraction of sp³-hybridized carbons (Fsp3) is 0.348. The maximum absolute atomic E-state index is 12.5. The Morgan fingerprint density at radius 2 is 1.80 bits per heavy atom. The van der Waals surface area contributed by atoms with E-state index in [1.807, 2.05) is 49.4 Å². The van der Waals surface area contributed by atoms with E-state index < -0.39 is 0 Å². The second kappa shape index (κ2) is 10.4. The highest BCUT2D eigenvalue weighted by molar-refractivity contribution is 7.99. The van der Waals surface area contributed by atoms with Crippen molar-refractivity contribution in [2.24, 2.45) is 0 Å². The highest BCUT2D eigenvalue weighted by Gasteiger charge is 2.22. The van der Waals surface area contributed by atoms with Crippen molar-refractivity contribution >= 4 is 23.4 Å². The summed E-state index contributed by atoms with van der Waals surface area (Å²) in [4.78, 5) is 14.7. The van der Waals surface area contributed by atoms with Crippen LogP contribution < -0.4 is 5.32 Å². The lowest BCUT2D eigenvalue weighted by atomic mass is 10.2. The molecule has 1 N–H and O–H groups in total. The molecule has 1 heterocycles.